The molecule has 0 atom stereocenters. The summed E-state index contributed by atoms with van der Waals surface area (Å²) in [7, 11) is -3.92. The van der Waals surface area contributed by atoms with Gasteiger partial charge in [-0.1, -0.05) is 25.0 Å². The molecule has 5 nitrogen and oxygen atoms in total. The lowest BCUT2D eigenvalue weighted by Gasteiger charge is -2.15. The lowest BCUT2D eigenvalue weighted by atomic mass is 10.2. The Hall–Kier alpha value is -2.20. The third-order valence-corrected chi connectivity index (χ3v) is 7.40. The summed E-state index contributed by atoms with van der Waals surface area (Å²) in [5, 5.41) is 2.21. The number of amides is 1. The minimum Gasteiger partial charge on any atom is -0.343 e. The number of thioether (sulfide) groups is 1. The Labute approximate surface area is 177 Å². The minimum atomic E-state index is -4.52. The summed E-state index contributed by atoms with van der Waals surface area (Å²) < 4.78 is 64.7. The standard InChI is InChI=1S/C20H21F3N2O3S2/c21-20(22,23)13-24-19(26)14-9-11-16(12-10-14)30(27,28)25-17-7-3-4-8-18(17)29-15-5-1-2-6-15/h3-4,7-12,15,25H,1-2,5-6,13H2,(H,24,26). The van der Waals surface area contributed by atoms with Crippen LogP contribution in [-0.4, -0.2) is 32.3 Å². The second kappa shape index (κ2) is 9.30. The van der Waals surface area contributed by atoms with Gasteiger partial charge in [-0.3, -0.25) is 9.52 Å². The molecule has 0 spiro atoms. The zero-order valence-corrected chi connectivity index (χ0v) is 17.5. The fourth-order valence-electron chi connectivity index (χ4n) is 3.11. The Morgan fingerprint density at radius 1 is 1.03 bits per heavy atom. The van der Waals surface area contributed by atoms with E-state index in [0.29, 0.717) is 10.9 Å². The maximum atomic E-state index is 12.8. The summed E-state index contributed by atoms with van der Waals surface area (Å²) in [5.74, 6) is -0.928. The van der Waals surface area contributed by atoms with Crippen molar-refractivity contribution in [2.24, 2.45) is 0 Å². The van der Waals surface area contributed by atoms with Crippen molar-refractivity contribution in [3.63, 3.8) is 0 Å². The SMILES string of the molecule is O=C(NCC(F)(F)F)c1ccc(S(=O)(=O)Nc2ccccc2SC2CCCC2)cc1. The number of carbonyl (C=O) groups excluding carboxylic acids is 1. The van der Waals surface area contributed by atoms with Crippen LogP contribution >= 0.6 is 11.8 Å². The van der Waals surface area contributed by atoms with Crippen LogP contribution < -0.4 is 10.0 Å². The van der Waals surface area contributed by atoms with Crippen molar-refractivity contribution < 1.29 is 26.4 Å². The van der Waals surface area contributed by atoms with Crippen molar-refractivity contribution in [3.8, 4) is 0 Å². The fraction of sp³-hybridized carbons (Fsp3) is 0.350. The van der Waals surface area contributed by atoms with Crippen LogP contribution in [0, 0.1) is 0 Å². The smallest absolute Gasteiger partial charge is 0.343 e. The Kier molecular flexibility index (Phi) is 6.97. The molecule has 0 radical (unpaired) electrons. The number of carbonyl (C=O) groups is 1. The molecule has 0 bridgehead atoms. The summed E-state index contributed by atoms with van der Waals surface area (Å²) in [6, 6.07) is 11.9. The quantitative estimate of drug-likeness (QED) is 0.624. The van der Waals surface area contributed by atoms with Gasteiger partial charge in [0, 0.05) is 15.7 Å². The number of anilines is 1. The van der Waals surface area contributed by atoms with E-state index in [2.05, 4.69) is 4.72 Å². The summed E-state index contributed by atoms with van der Waals surface area (Å²) in [6.45, 7) is -1.46. The Bertz CT molecular complexity index is 987. The maximum absolute atomic E-state index is 12.8. The summed E-state index contributed by atoms with van der Waals surface area (Å²) >= 11 is 1.66. The van der Waals surface area contributed by atoms with Crippen LogP contribution in [0.2, 0.25) is 0 Å². The van der Waals surface area contributed by atoms with Gasteiger partial charge in [0.1, 0.15) is 6.54 Å². The van der Waals surface area contributed by atoms with Gasteiger partial charge in [-0.2, -0.15) is 13.2 Å². The summed E-state index contributed by atoms with van der Waals surface area (Å²) in [6.07, 6.45) is 0.0307. The van der Waals surface area contributed by atoms with E-state index in [1.807, 2.05) is 12.1 Å². The number of benzene rings is 2. The number of para-hydroxylation sites is 1. The Morgan fingerprint density at radius 2 is 1.67 bits per heavy atom. The first kappa shape index (κ1) is 22.5. The van der Waals surface area contributed by atoms with Crippen LogP contribution in [0.25, 0.3) is 0 Å². The highest BCUT2D eigenvalue weighted by Gasteiger charge is 2.28. The number of alkyl halides is 3. The predicted octanol–water partition coefficient (Wildman–Crippen LogP) is 4.81. The molecule has 30 heavy (non-hydrogen) atoms. The first-order valence-electron chi connectivity index (χ1n) is 9.37. The molecule has 2 aromatic carbocycles. The normalized spacial score (nSPS) is 15.2. The highest BCUT2D eigenvalue weighted by molar-refractivity contribution is 8.00. The van der Waals surface area contributed by atoms with E-state index in [0.717, 1.165) is 17.7 Å². The lowest BCUT2D eigenvalue weighted by Crippen LogP contribution is -2.33. The van der Waals surface area contributed by atoms with Crippen LogP contribution in [0.3, 0.4) is 0 Å². The van der Waals surface area contributed by atoms with E-state index < -0.39 is 28.7 Å². The van der Waals surface area contributed by atoms with E-state index in [1.54, 1.807) is 29.2 Å². The van der Waals surface area contributed by atoms with Gasteiger partial charge < -0.3 is 5.32 Å². The molecule has 2 N–H and O–H groups in total. The number of halogens is 3. The van der Waals surface area contributed by atoms with Crippen LogP contribution in [0.4, 0.5) is 18.9 Å². The van der Waals surface area contributed by atoms with Crippen LogP contribution in [0.5, 0.6) is 0 Å². The fourth-order valence-corrected chi connectivity index (χ4v) is 5.59. The number of nitrogens with one attached hydrogen (secondary N) is 2. The topological polar surface area (TPSA) is 75.3 Å². The van der Waals surface area contributed by atoms with Crippen molar-refractivity contribution >= 4 is 33.4 Å². The highest BCUT2D eigenvalue weighted by Crippen LogP contribution is 2.38. The molecule has 2 aromatic rings. The molecule has 1 aliphatic carbocycles. The van der Waals surface area contributed by atoms with Gasteiger partial charge in [0.15, 0.2) is 0 Å². The van der Waals surface area contributed by atoms with Crippen LogP contribution in [0.15, 0.2) is 58.3 Å². The molecular weight excluding hydrogens is 437 g/mol. The molecule has 3 rings (SSSR count). The molecule has 1 saturated carbocycles. The van der Waals surface area contributed by atoms with Crippen molar-refractivity contribution in [2.75, 3.05) is 11.3 Å². The van der Waals surface area contributed by atoms with Gasteiger partial charge in [-0.05, 0) is 49.2 Å². The van der Waals surface area contributed by atoms with Gasteiger partial charge in [-0.25, -0.2) is 8.42 Å². The molecular formula is C20H21F3N2O3S2. The van der Waals surface area contributed by atoms with Crippen LogP contribution in [-0.2, 0) is 10.0 Å². The molecule has 0 aromatic heterocycles. The molecule has 10 heteroatoms. The van der Waals surface area contributed by atoms with E-state index in [4.69, 9.17) is 0 Å². The molecule has 0 heterocycles. The second-order valence-corrected chi connectivity index (χ2v) is 9.97. The zero-order chi connectivity index (χ0) is 21.8. The number of rotatable bonds is 7. The monoisotopic (exact) mass is 458 g/mol. The average molecular weight is 459 g/mol. The van der Waals surface area contributed by atoms with Gasteiger partial charge in [-0.15, -0.1) is 11.8 Å². The molecule has 0 saturated heterocycles. The number of sulfonamides is 1. The van der Waals surface area contributed by atoms with Crippen molar-refractivity contribution in [1.82, 2.24) is 5.32 Å². The first-order valence-corrected chi connectivity index (χ1v) is 11.7. The third-order valence-electron chi connectivity index (χ3n) is 4.60. The average Bonchev–Trinajstić information content (AvgIpc) is 3.20. The number of hydrogen-bond donors (Lipinski definition) is 2. The van der Waals surface area contributed by atoms with E-state index in [9.17, 15) is 26.4 Å². The first-order chi connectivity index (χ1) is 14.1. The van der Waals surface area contributed by atoms with Crippen molar-refractivity contribution in [1.29, 1.82) is 0 Å². The molecule has 1 aliphatic rings. The highest BCUT2D eigenvalue weighted by atomic mass is 32.2. The molecule has 1 fully saturated rings. The van der Waals surface area contributed by atoms with E-state index >= 15 is 0 Å². The summed E-state index contributed by atoms with van der Waals surface area (Å²) in [5.41, 5.74) is 0.414. The van der Waals surface area contributed by atoms with Crippen LogP contribution in [0.1, 0.15) is 36.0 Å². The van der Waals surface area contributed by atoms with Crippen molar-refractivity contribution in [3.05, 3.63) is 54.1 Å². The Balaban J connectivity index is 1.71. The van der Waals surface area contributed by atoms with E-state index in [-0.39, 0.29) is 10.5 Å². The van der Waals surface area contributed by atoms with Gasteiger partial charge in [0.25, 0.3) is 15.9 Å². The van der Waals surface area contributed by atoms with E-state index in [1.165, 1.54) is 37.1 Å². The number of hydrogen-bond acceptors (Lipinski definition) is 4. The molecule has 0 unspecified atom stereocenters. The molecule has 162 valence electrons. The molecule has 0 aliphatic heterocycles. The third kappa shape index (κ3) is 6.15. The summed E-state index contributed by atoms with van der Waals surface area (Å²) in [4.78, 5) is 12.5. The van der Waals surface area contributed by atoms with Gasteiger partial charge >= 0.3 is 6.18 Å². The lowest BCUT2D eigenvalue weighted by molar-refractivity contribution is -0.123. The van der Waals surface area contributed by atoms with Gasteiger partial charge in [0.2, 0.25) is 0 Å². The van der Waals surface area contributed by atoms with Crippen molar-refractivity contribution in [2.45, 2.75) is 46.9 Å². The maximum Gasteiger partial charge on any atom is 0.405 e. The Morgan fingerprint density at radius 3 is 2.30 bits per heavy atom. The zero-order valence-electron chi connectivity index (χ0n) is 15.9. The molecule has 1 amide bonds. The van der Waals surface area contributed by atoms with Gasteiger partial charge in [0.05, 0.1) is 10.6 Å². The second-order valence-electron chi connectivity index (χ2n) is 6.95. The largest absolute Gasteiger partial charge is 0.405 e. The predicted molar refractivity (Wildman–Crippen MR) is 110 cm³/mol. The minimum absolute atomic E-state index is 0.0598.